The number of benzene rings is 2. The van der Waals surface area contributed by atoms with Gasteiger partial charge in [-0.05, 0) is 55.5 Å². The van der Waals surface area contributed by atoms with E-state index in [0.717, 1.165) is 38.5 Å². The molecule has 0 saturated carbocycles. The van der Waals surface area contributed by atoms with Crippen molar-refractivity contribution >= 4 is 23.2 Å². The lowest BCUT2D eigenvalue weighted by Gasteiger charge is -2.32. The van der Waals surface area contributed by atoms with E-state index in [0.29, 0.717) is 17.3 Å². The van der Waals surface area contributed by atoms with E-state index in [1.807, 2.05) is 31.2 Å². The molecule has 150 valence electrons. The van der Waals surface area contributed by atoms with Gasteiger partial charge in [-0.2, -0.15) is 0 Å². The predicted octanol–water partition coefficient (Wildman–Crippen LogP) is 0.669. The van der Waals surface area contributed by atoms with Gasteiger partial charge in [0.05, 0.1) is 0 Å². The van der Waals surface area contributed by atoms with Crippen molar-refractivity contribution in [2.45, 2.75) is 13.0 Å². The molecule has 28 heavy (non-hydrogen) atoms. The second-order valence-corrected chi connectivity index (χ2v) is 7.61. The van der Waals surface area contributed by atoms with Gasteiger partial charge < -0.3 is 19.9 Å². The predicted molar refractivity (Wildman–Crippen MR) is 108 cm³/mol. The van der Waals surface area contributed by atoms with Crippen molar-refractivity contribution in [1.29, 1.82) is 0 Å². The average molecular weight is 408 g/mol. The van der Waals surface area contributed by atoms with Gasteiger partial charge in [-0.3, -0.25) is 4.79 Å². The Morgan fingerprint density at radius 2 is 1.75 bits per heavy atom. The van der Waals surface area contributed by atoms with Gasteiger partial charge in [0, 0.05) is 10.7 Å². The van der Waals surface area contributed by atoms with E-state index >= 15 is 0 Å². The number of piperazine rings is 1. The first kappa shape index (κ1) is 20.6. The number of hydrogen-bond donors (Lipinski definition) is 3. The summed E-state index contributed by atoms with van der Waals surface area (Å²) in [5, 5.41) is 3.57. The van der Waals surface area contributed by atoms with Crippen LogP contribution < -0.4 is 19.9 Å². The molecule has 0 unspecified atom stereocenters. The minimum atomic E-state index is -0.309. The molecule has 1 heterocycles. The topological polar surface area (TPSA) is 47.2 Å². The summed E-state index contributed by atoms with van der Waals surface area (Å²) in [6.07, 6.45) is 0. The molecule has 2 aromatic rings. The molecule has 2 aromatic carbocycles. The second kappa shape index (κ2) is 9.87. The lowest BCUT2D eigenvalue weighted by molar-refractivity contribution is -1.02. The molecule has 1 aliphatic rings. The Morgan fingerprint density at radius 3 is 2.39 bits per heavy atom. The van der Waals surface area contributed by atoms with Crippen LogP contribution in [-0.2, 0) is 4.79 Å². The van der Waals surface area contributed by atoms with Crippen LogP contribution in [0, 0.1) is 5.82 Å². The number of ether oxygens (including phenoxy) is 1. The van der Waals surface area contributed by atoms with Crippen molar-refractivity contribution in [1.82, 2.24) is 0 Å². The Balaban J connectivity index is 1.38. The first-order valence-corrected chi connectivity index (χ1v) is 10.0. The highest BCUT2D eigenvalue weighted by atomic mass is 35.5. The van der Waals surface area contributed by atoms with Crippen molar-refractivity contribution in [3.8, 4) is 5.75 Å². The summed E-state index contributed by atoms with van der Waals surface area (Å²) >= 11 is 5.87. The summed E-state index contributed by atoms with van der Waals surface area (Å²) in [5.74, 6) is 0.492. The van der Waals surface area contributed by atoms with Gasteiger partial charge in [-0.1, -0.05) is 11.6 Å². The van der Waals surface area contributed by atoms with E-state index < -0.39 is 0 Å². The minimum absolute atomic E-state index is 0.0314. The third-order valence-electron chi connectivity index (χ3n) is 5.25. The van der Waals surface area contributed by atoms with E-state index in [1.54, 1.807) is 12.1 Å². The molecular formula is C21H27ClFN3O2+2. The largest absolute Gasteiger partial charge is 0.488 e. The highest BCUT2D eigenvalue weighted by molar-refractivity contribution is 6.30. The molecular weight excluding hydrogens is 381 g/mol. The number of carbonyl (C=O) groups is 1. The summed E-state index contributed by atoms with van der Waals surface area (Å²) in [4.78, 5) is 15.2. The fraction of sp³-hybridized carbons (Fsp3) is 0.381. The fourth-order valence-electron chi connectivity index (χ4n) is 3.42. The number of carbonyl (C=O) groups excluding carboxylic acids is 1. The number of quaternary nitrogens is 2. The number of hydrogen-bond acceptors (Lipinski definition) is 2. The summed E-state index contributed by atoms with van der Waals surface area (Å²) in [6, 6.07) is 13.1. The van der Waals surface area contributed by atoms with Crippen LogP contribution in [0.3, 0.4) is 0 Å². The summed E-state index contributed by atoms with van der Waals surface area (Å²) in [5.41, 5.74) is 0.626. The van der Waals surface area contributed by atoms with Crippen LogP contribution in [0.4, 0.5) is 10.1 Å². The molecule has 1 atom stereocenters. The van der Waals surface area contributed by atoms with Gasteiger partial charge in [0.1, 0.15) is 50.9 Å². The van der Waals surface area contributed by atoms with E-state index in [2.05, 4.69) is 5.32 Å². The Kier molecular flexibility index (Phi) is 7.25. The molecule has 1 fully saturated rings. The Bertz CT molecular complexity index is 762. The lowest BCUT2D eigenvalue weighted by Crippen LogP contribution is -3.30. The molecule has 7 heteroatoms. The summed E-state index contributed by atoms with van der Waals surface area (Å²) in [7, 11) is 0. The number of halogens is 2. The molecule has 1 aliphatic heterocycles. The maximum Gasteiger partial charge on any atom is 0.282 e. The third kappa shape index (κ3) is 5.92. The van der Waals surface area contributed by atoms with Crippen molar-refractivity contribution in [2.24, 2.45) is 0 Å². The van der Waals surface area contributed by atoms with Gasteiger partial charge in [-0.25, -0.2) is 4.39 Å². The number of nitrogens with one attached hydrogen (secondary N) is 3. The third-order valence-corrected chi connectivity index (χ3v) is 5.51. The molecule has 0 aliphatic carbocycles. The summed E-state index contributed by atoms with van der Waals surface area (Å²) < 4.78 is 18.8. The quantitative estimate of drug-likeness (QED) is 0.632. The van der Waals surface area contributed by atoms with E-state index in [9.17, 15) is 9.18 Å². The first-order chi connectivity index (χ1) is 13.5. The van der Waals surface area contributed by atoms with Crippen LogP contribution in [0.2, 0.25) is 5.02 Å². The van der Waals surface area contributed by atoms with Crippen LogP contribution in [0.15, 0.2) is 48.5 Å². The zero-order valence-electron chi connectivity index (χ0n) is 16.0. The van der Waals surface area contributed by atoms with Crippen LogP contribution in [-0.4, -0.2) is 51.3 Å². The van der Waals surface area contributed by atoms with Crippen molar-refractivity contribution in [3.63, 3.8) is 0 Å². The lowest BCUT2D eigenvalue weighted by atomic mass is 10.2. The standard InChI is InChI=1S/C21H25ClFN3O2/c1-16(21(27)24-19-6-4-18(23)5-7-19)26-12-10-25(11-13-26)14-15-28-20-8-2-17(22)3-9-20/h2-9,16H,10-15H2,1H3,(H,24,27)/p+2/t16-/m0/s1. The molecule has 0 radical (unpaired) electrons. The van der Waals surface area contributed by atoms with E-state index in [-0.39, 0.29) is 17.8 Å². The Morgan fingerprint density at radius 1 is 1.11 bits per heavy atom. The minimum Gasteiger partial charge on any atom is -0.488 e. The molecule has 0 bridgehead atoms. The van der Waals surface area contributed by atoms with Gasteiger partial charge in [0.25, 0.3) is 5.91 Å². The van der Waals surface area contributed by atoms with Crippen LogP contribution in [0.25, 0.3) is 0 Å². The van der Waals surface area contributed by atoms with Gasteiger partial charge in [-0.15, -0.1) is 0 Å². The zero-order chi connectivity index (χ0) is 19.9. The molecule has 5 nitrogen and oxygen atoms in total. The molecule has 1 amide bonds. The molecule has 1 saturated heterocycles. The zero-order valence-corrected chi connectivity index (χ0v) is 16.8. The first-order valence-electron chi connectivity index (χ1n) is 9.64. The van der Waals surface area contributed by atoms with Crippen LogP contribution in [0.5, 0.6) is 5.75 Å². The maximum atomic E-state index is 13.0. The average Bonchev–Trinajstić information content (AvgIpc) is 2.71. The molecule has 3 rings (SSSR count). The van der Waals surface area contributed by atoms with Gasteiger partial charge >= 0.3 is 0 Å². The molecule has 0 spiro atoms. The smallest absolute Gasteiger partial charge is 0.282 e. The monoisotopic (exact) mass is 407 g/mol. The van der Waals surface area contributed by atoms with Crippen molar-refractivity contribution in [2.75, 3.05) is 44.6 Å². The molecule has 3 N–H and O–H groups in total. The second-order valence-electron chi connectivity index (χ2n) is 7.18. The molecule has 0 aromatic heterocycles. The number of anilines is 1. The van der Waals surface area contributed by atoms with Crippen molar-refractivity contribution in [3.05, 3.63) is 59.4 Å². The van der Waals surface area contributed by atoms with E-state index in [4.69, 9.17) is 16.3 Å². The number of rotatable bonds is 7. The highest BCUT2D eigenvalue weighted by Crippen LogP contribution is 2.15. The van der Waals surface area contributed by atoms with Crippen LogP contribution >= 0.6 is 11.6 Å². The normalized spacial score (nSPS) is 20.4. The van der Waals surface area contributed by atoms with Crippen molar-refractivity contribution < 1.29 is 23.7 Å². The van der Waals surface area contributed by atoms with Gasteiger partial charge in [0.15, 0.2) is 6.04 Å². The fourth-order valence-corrected chi connectivity index (χ4v) is 3.55. The van der Waals surface area contributed by atoms with Crippen LogP contribution in [0.1, 0.15) is 6.92 Å². The number of amides is 1. The Labute approximate surface area is 170 Å². The maximum absolute atomic E-state index is 13.0. The highest BCUT2D eigenvalue weighted by Gasteiger charge is 2.30. The van der Waals surface area contributed by atoms with Gasteiger partial charge in [0.2, 0.25) is 0 Å². The van der Waals surface area contributed by atoms with E-state index in [1.165, 1.54) is 21.9 Å². The summed E-state index contributed by atoms with van der Waals surface area (Å²) in [6.45, 7) is 7.44. The Hall–Kier alpha value is -2.15. The SMILES string of the molecule is C[C@@H](C(=O)Nc1ccc(F)cc1)[NH+]1CC[NH+](CCOc2ccc(Cl)cc2)CC1.